The average Bonchev–Trinajstić information content (AvgIpc) is 3.30. The molecule has 0 radical (unpaired) electrons. The van der Waals surface area contributed by atoms with E-state index in [9.17, 15) is 4.79 Å². The van der Waals surface area contributed by atoms with E-state index in [0.29, 0.717) is 23.5 Å². The van der Waals surface area contributed by atoms with Gasteiger partial charge in [-0.2, -0.15) is 0 Å². The van der Waals surface area contributed by atoms with E-state index in [4.69, 9.17) is 4.74 Å². The van der Waals surface area contributed by atoms with Crippen LogP contribution in [0.3, 0.4) is 0 Å². The van der Waals surface area contributed by atoms with Crippen molar-refractivity contribution in [2.75, 3.05) is 0 Å². The van der Waals surface area contributed by atoms with Crippen LogP contribution in [0.2, 0.25) is 0 Å². The maximum Gasteiger partial charge on any atom is 0.311 e. The Kier molecular flexibility index (Phi) is 4.53. The van der Waals surface area contributed by atoms with Gasteiger partial charge in [-0.15, -0.1) is 0 Å². The first kappa shape index (κ1) is 20.6. The lowest BCUT2D eigenvalue weighted by Crippen LogP contribution is -2.39. The SMILES string of the molecule is CC(C)(C)CC(c1ccc(OC(=O)CC23CC4CC5CC(C2)C4C53)cc1)C(C)(C)C. The maximum absolute atomic E-state index is 12.9. The Labute approximate surface area is 183 Å². The molecule has 2 heteroatoms. The number of benzene rings is 1. The molecule has 0 spiro atoms. The van der Waals surface area contributed by atoms with Gasteiger partial charge in [-0.25, -0.2) is 0 Å². The van der Waals surface area contributed by atoms with Crippen molar-refractivity contribution in [3.63, 3.8) is 0 Å². The van der Waals surface area contributed by atoms with Crippen LogP contribution in [0.15, 0.2) is 24.3 Å². The Balaban J connectivity index is 1.25. The summed E-state index contributed by atoms with van der Waals surface area (Å²) in [5.74, 6) is 5.78. The second-order valence-corrected chi connectivity index (χ2v) is 13.5. The topological polar surface area (TPSA) is 26.3 Å². The van der Waals surface area contributed by atoms with Gasteiger partial charge in [0.2, 0.25) is 0 Å². The molecule has 4 unspecified atom stereocenters. The van der Waals surface area contributed by atoms with Crippen molar-refractivity contribution in [3.05, 3.63) is 29.8 Å². The van der Waals surface area contributed by atoms with Crippen molar-refractivity contribution in [2.45, 2.75) is 86.0 Å². The van der Waals surface area contributed by atoms with Crippen LogP contribution in [0.5, 0.6) is 5.75 Å². The number of carbonyl (C=O) groups is 1. The molecule has 6 bridgehead atoms. The molecule has 0 aromatic heterocycles. The minimum atomic E-state index is -0.00240. The second kappa shape index (κ2) is 6.59. The molecule has 1 aromatic carbocycles. The third-order valence-corrected chi connectivity index (χ3v) is 9.14. The molecule has 0 heterocycles. The molecule has 2 nitrogen and oxygen atoms in total. The molecular weight excluding hydrogens is 368 g/mol. The third-order valence-electron chi connectivity index (χ3n) is 9.14. The molecule has 164 valence electrons. The van der Waals surface area contributed by atoms with Crippen LogP contribution < -0.4 is 4.74 Å². The average molecular weight is 409 g/mol. The molecule has 4 fully saturated rings. The minimum absolute atomic E-state index is 0.00240. The first-order chi connectivity index (χ1) is 14.0. The quantitative estimate of drug-likeness (QED) is 0.379. The largest absolute Gasteiger partial charge is 0.427 e. The van der Waals surface area contributed by atoms with Crippen LogP contribution in [-0.2, 0) is 4.79 Å². The van der Waals surface area contributed by atoms with Crippen molar-refractivity contribution in [3.8, 4) is 5.75 Å². The van der Waals surface area contributed by atoms with E-state index in [-0.39, 0.29) is 16.8 Å². The first-order valence-electron chi connectivity index (χ1n) is 12.3. The first-order valence-corrected chi connectivity index (χ1v) is 12.3. The zero-order chi connectivity index (χ0) is 21.5. The van der Waals surface area contributed by atoms with E-state index in [2.05, 4.69) is 53.7 Å². The Morgan fingerprint density at radius 2 is 1.60 bits per heavy atom. The highest BCUT2D eigenvalue weighted by molar-refractivity contribution is 5.73. The summed E-state index contributed by atoms with van der Waals surface area (Å²) in [7, 11) is 0. The molecular formula is C28H40O2. The Bertz CT molecular complexity index is 806. The van der Waals surface area contributed by atoms with Gasteiger partial charge in [0, 0.05) is 0 Å². The van der Waals surface area contributed by atoms with Crippen molar-refractivity contribution >= 4 is 5.97 Å². The number of rotatable bonds is 5. The molecule has 4 aliphatic carbocycles. The van der Waals surface area contributed by atoms with Crippen LogP contribution in [0.25, 0.3) is 0 Å². The Hall–Kier alpha value is -1.31. The molecule has 0 amide bonds. The summed E-state index contributed by atoms with van der Waals surface area (Å²) in [6, 6.07) is 8.39. The van der Waals surface area contributed by atoms with Gasteiger partial charge >= 0.3 is 5.97 Å². The predicted octanol–water partition coefficient (Wildman–Crippen LogP) is 7.23. The van der Waals surface area contributed by atoms with Crippen molar-refractivity contribution in [1.82, 2.24) is 0 Å². The highest BCUT2D eigenvalue weighted by Gasteiger charge is 2.72. The molecule has 1 aromatic rings. The van der Waals surface area contributed by atoms with Crippen LogP contribution in [-0.4, -0.2) is 5.97 Å². The predicted molar refractivity (Wildman–Crippen MR) is 121 cm³/mol. The number of hydrogen-bond acceptors (Lipinski definition) is 2. The second-order valence-electron chi connectivity index (χ2n) is 13.5. The molecule has 0 N–H and O–H groups in total. The summed E-state index contributed by atoms with van der Waals surface area (Å²) < 4.78 is 5.86. The Morgan fingerprint density at radius 1 is 1.00 bits per heavy atom. The standard InChI is InChI=1S/C28H40O2/c1-26(2,3)15-22(27(4,5)6)17-7-9-21(10-8-17)30-23(29)16-28-13-19-11-18-12-20(14-28)24(19)25(18)28/h7-10,18-20,22,24-25H,11-16H2,1-6H3. The lowest BCUT2D eigenvalue weighted by atomic mass is 9.59. The van der Waals surface area contributed by atoms with Gasteiger partial charge in [0.1, 0.15) is 5.75 Å². The van der Waals surface area contributed by atoms with Crippen LogP contribution in [0.4, 0.5) is 0 Å². The van der Waals surface area contributed by atoms with E-state index in [1.807, 2.05) is 12.1 Å². The number of carbonyl (C=O) groups excluding carboxylic acids is 1. The molecule has 30 heavy (non-hydrogen) atoms. The van der Waals surface area contributed by atoms with Crippen molar-refractivity contribution in [1.29, 1.82) is 0 Å². The molecule has 4 aliphatic rings. The summed E-state index contributed by atoms with van der Waals surface area (Å²) in [5, 5.41) is 0. The van der Waals surface area contributed by atoms with E-state index >= 15 is 0 Å². The summed E-state index contributed by atoms with van der Waals surface area (Å²) >= 11 is 0. The Morgan fingerprint density at radius 3 is 2.07 bits per heavy atom. The fourth-order valence-electron chi connectivity index (χ4n) is 8.54. The summed E-state index contributed by atoms with van der Waals surface area (Å²) in [6.07, 6.45) is 7.28. The highest BCUT2D eigenvalue weighted by atomic mass is 16.5. The number of esters is 1. The molecule has 4 saturated carbocycles. The molecule has 0 saturated heterocycles. The smallest absolute Gasteiger partial charge is 0.311 e. The molecule has 0 aliphatic heterocycles. The van der Waals surface area contributed by atoms with E-state index in [0.717, 1.165) is 36.0 Å². The summed E-state index contributed by atoms with van der Waals surface area (Å²) in [4.78, 5) is 12.9. The number of ether oxygens (including phenoxy) is 1. The molecule has 4 atom stereocenters. The van der Waals surface area contributed by atoms with E-state index in [1.165, 1.54) is 31.2 Å². The van der Waals surface area contributed by atoms with Crippen molar-refractivity contribution < 1.29 is 9.53 Å². The summed E-state index contributed by atoms with van der Waals surface area (Å²) in [6.45, 7) is 13.9. The van der Waals surface area contributed by atoms with Gasteiger partial charge in [0.15, 0.2) is 0 Å². The van der Waals surface area contributed by atoms with Crippen LogP contribution in [0.1, 0.15) is 91.5 Å². The summed E-state index contributed by atoms with van der Waals surface area (Å²) in [5.41, 5.74) is 2.12. The lowest BCUT2D eigenvalue weighted by molar-refractivity contribution is -0.139. The van der Waals surface area contributed by atoms with Gasteiger partial charge in [0.05, 0.1) is 6.42 Å². The van der Waals surface area contributed by atoms with Gasteiger partial charge in [-0.05, 0) is 102 Å². The third kappa shape index (κ3) is 3.33. The molecule has 5 rings (SSSR count). The lowest BCUT2D eigenvalue weighted by Gasteiger charge is -2.45. The van der Waals surface area contributed by atoms with Crippen LogP contribution in [0, 0.1) is 45.8 Å². The monoisotopic (exact) mass is 408 g/mol. The van der Waals surface area contributed by atoms with E-state index < -0.39 is 0 Å². The van der Waals surface area contributed by atoms with E-state index in [1.54, 1.807) is 0 Å². The zero-order valence-electron chi connectivity index (χ0n) is 19.8. The number of hydrogen-bond donors (Lipinski definition) is 0. The maximum atomic E-state index is 12.9. The van der Waals surface area contributed by atoms with Crippen LogP contribution >= 0.6 is 0 Å². The van der Waals surface area contributed by atoms with Gasteiger partial charge < -0.3 is 4.74 Å². The fraction of sp³-hybridized carbons (Fsp3) is 0.750. The van der Waals surface area contributed by atoms with Gasteiger partial charge in [-0.1, -0.05) is 53.7 Å². The highest BCUT2D eigenvalue weighted by Crippen LogP contribution is 2.79. The minimum Gasteiger partial charge on any atom is -0.427 e. The zero-order valence-corrected chi connectivity index (χ0v) is 19.8. The van der Waals surface area contributed by atoms with Gasteiger partial charge in [-0.3, -0.25) is 4.79 Å². The fourth-order valence-corrected chi connectivity index (χ4v) is 8.54. The van der Waals surface area contributed by atoms with Crippen molar-refractivity contribution in [2.24, 2.45) is 45.8 Å². The normalized spacial score (nSPS) is 37.2. The van der Waals surface area contributed by atoms with Gasteiger partial charge in [0.25, 0.3) is 0 Å².